The van der Waals surface area contributed by atoms with Crippen molar-refractivity contribution in [2.75, 3.05) is 29.9 Å². The number of anilines is 2. The Morgan fingerprint density at radius 2 is 2.07 bits per heavy atom. The van der Waals surface area contributed by atoms with Crippen LogP contribution < -0.4 is 10.2 Å². The van der Waals surface area contributed by atoms with E-state index >= 15 is 0 Å². The average molecular weight is 411 g/mol. The summed E-state index contributed by atoms with van der Waals surface area (Å²) in [5, 5.41) is 12.5. The van der Waals surface area contributed by atoms with Crippen LogP contribution in [0.5, 0.6) is 0 Å². The van der Waals surface area contributed by atoms with E-state index in [1.54, 1.807) is 6.07 Å². The number of benzene rings is 1. The molecule has 1 saturated heterocycles. The quantitative estimate of drug-likeness (QED) is 0.648. The third-order valence-corrected chi connectivity index (χ3v) is 6.56. The highest BCUT2D eigenvalue weighted by atomic mass is 16.1. The molecule has 162 valence electrons. The van der Waals surface area contributed by atoms with Crippen molar-refractivity contribution in [3.63, 3.8) is 0 Å². The highest BCUT2D eigenvalue weighted by molar-refractivity contribution is 5.91. The molecule has 2 aliphatic rings. The summed E-state index contributed by atoms with van der Waals surface area (Å²) >= 11 is 0. The lowest BCUT2D eigenvalue weighted by Crippen LogP contribution is -2.40. The molecule has 6 nitrogen and oxygen atoms in total. The summed E-state index contributed by atoms with van der Waals surface area (Å²) in [6.45, 7) is 4.49. The van der Waals surface area contributed by atoms with Crippen molar-refractivity contribution in [2.45, 2.75) is 70.8 Å². The normalized spacial score (nSPS) is 19.7. The van der Waals surface area contributed by atoms with Gasteiger partial charge in [0.15, 0.2) is 0 Å². The third kappa shape index (κ3) is 5.75. The number of nitrogens with one attached hydrogen (secondary N) is 1. The van der Waals surface area contributed by atoms with Crippen LogP contribution in [0.15, 0.2) is 18.2 Å². The summed E-state index contributed by atoms with van der Waals surface area (Å²) in [5.41, 5.74) is 2.21. The molecular formula is C24H34N4O2. The van der Waals surface area contributed by atoms with Crippen LogP contribution in [-0.2, 0) is 9.59 Å². The van der Waals surface area contributed by atoms with Gasteiger partial charge in [-0.2, -0.15) is 5.26 Å². The standard InChI is InChI=1S/C24H34N4O2/c1-2-24(30)26-21-10-11-23(20(15-21)16-25)27-13-6-7-19(17-27)12-14-28(18-29)22-8-4-3-5-9-22/h10-11,15,18-19,22H,2-9,12-14,17H2,1H3,(H,26,30). The van der Waals surface area contributed by atoms with Gasteiger partial charge in [0.05, 0.1) is 11.3 Å². The second-order valence-corrected chi connectivity index (χ2v) is 8.62. The molecular weight excluding hydrogens is 376 g/mol. The Hall–Kier alpha value is -2.55. The molecule has 1 aromatic rings. The molecule has 0 radical (unpaired) electrons. The van der Waals surface area contributed by atoms with Gasteiger partial charge in [0, 0.05) is 37.8 Å². The lowest BCUT2D eigenvalue weighted by atomic mass is 9.91. The topological polar surface area (TPSA) is 76.4 Å². The summed E-state index contributed by atoms with van der Waals surface area (Å²) in [7, 11) is 0. The molecule has 1 aromatic carbocycles. The largest absolute Gasteiger partial charge is 0.370 e. The molecule has 1 aliphatic carbocycles. The number of hydrogen-bond donors (Lipinski definition) is 1. The van der Waals surface area contributed by atoms with Crippen LogP contribution >= 0.6 is 0 Å². The Labute approximate surface area is 180 Å². The Morgan fingerprint density at radius 1 is 1.27 bits per heavy atom. The van der Waals surface area contributed by atoms with Crippen LogP contribution in [0.25, 0.3) is 0 Å². The maximum atomic E-state index is 11.6. The zero-order valence-electron chi connectivity index (χ0n) is 18.1. The first kappa shape index (κ1) is 22.1. The highest BCUT2D eigenvalue weighted by Gasteiger charge is 2.25. The number of hydrogen-bond acceptors (Lipinski definition) is 4. The van der Waals surface area contributed by atoms with Crippen LogP contribution in [0, 0.1) is 17.2 Å². The molecule has 2 fully saturated rings. The fraction of sp³-hybridized carbons (Fsp3) is 0.625. The zero-order chi connectivity index (χ0) is 21.3. The second-order valence-electron chi connectivity index (χ2n) is 8.62. The Bertz CT molecular complexity index is 767. The number of carbonyl (C=O) groups excluding carboxylic acids is 2. The van der Waals surface area contributed by atoms with Crippen LogP contribution in [0.2, 0.25) is 0 Å². The lowest BCUT2D eigenvalue weighted by molar-refractivity contribution is -0.121. The minimum atomic E-state index is -0.0534. The molecule has 2 amide bonds. The first-order chi connectivity index (χ1) is 14.6. The molecule has 30 heavy (non-hydrogen) atoms. The molecule has 1 aliphatic heterocycles. The van der Waals surface area contributed by atoms with Crippen molar-refractivity contribution >= 4 is 23.7 Å². The van der Waals surface area contributed by atoms with Crippen molar-refractivity contribution in [3.8, 4) is 6.07 Å². The number of carbonyl (C=O) groups is 2. The van der Waals surface area contributed by atoms with Crippen molar-refractivity contribution in [2.24, 2.45) is 5.92 Å². The van der Waals surface area contributed by atoms with Gasteiger partial charge in [0.2, 0.25) is 12.3 Å². The SMILES string of the molecule is CCC(=O)Nc1ccc(N2CCCC(CCN(C=O)C3CCCCC3)C2)c(C#N)c1. The van der Waals surface area contributed by atoms with Crippen molar-refractivity contribution in [3.05, 3.63) is 23.8 Å². The van der Waals surface area contributed by atoms with E-state index in [1.807, 2.05) is 24.0 Å². The first-order valence-corrected chi connectivity index (χ1v) is 11.4. The van der Waals surface area contributed by atoms with Crippen LogP contribution in [0.3, 0.4) is 0 Å². The summed E-state index contributed by atoms with van der Waals surface area (Å²) < 4.78 is 0. The van der Waals surface area contributed by atoms with Gasteiger partial charge in [-0.15, -0.1) is 0 Å². The summed E-state index contributed by atoms with van der Waals surface area (Å²) in [6, 6.07) is 8.31. The van der Waals surface area contributed by atoms with E-state index in [2.05, 4.69) is 16.3 Å². The minimum Gasteiger partial charge on any atom is -0.370 e. The van der Waals surface area contributed by atoms with Gasteiger partial charge in [-0.05, 0) is 56.2 Å². The zero-order valence-corrected chi connectivity index (χ0v) is 18.1. The lowest BCUT2D eigenvalue weighted by Gasteiger charge is -2.37. The van der Waals surface area contributed by atoms with E-state index in [0.717, 1.165) is 57.4 Å². The molecule has 0 spiro atoms. The number of nitrogens with zero attached hydrogens (tertiary/aromatic N) is 3. The maximum absolute atomic E-state index is 11.6. The van der Waals surface area contributed by atoms with E-state index in [9.17, 15) is 14.9 Å². The van der Waals surface area contributed by atoms with E-state index in [-0.39, 0.29) is 5.91 Å². The Kier molecular flexibility index (Phi) is 8.12. The molecule has 1 heterocycles. The van der Waals surface area contributed by atoms with Crippen LogP contribution in [0.1, 0.15) is 70.3 Å². The van der Waals surface area contributed by atoms with E-state index < -0.39 is 0 Å². The summed E-state index contributed by atoms with van der Waals surface area (Å²) in [6.07, 6.45) is 10.8. The van der Waals surface area contributed by atoms with Gasteiger partial charge in [0.25, 0.3) is 0 Å². The number of amides is 2. The maximum Gasteiger partial charge on any atom is 0.224 e. The fourth-order valence-electron chi connectivity index (χ4n) is 4.81. The molecule has 1 unspecified atom stereocenters. The third-order valence-electron chi connectivity index (χ3n) is 6.56. The minimum absolute atomic E-state index is 0.0534. The molecule has 6 heteroatoms. The molecule has 0 aromatic heterocycles. The van der Waals surface area contributed by atoms with E-state index in [1.165, 1.54) is 25.7 Å². The van der Waals surface area contributed by atoms with Crippen LogP contribution in [-0.4, -0.2) is 42.9 Å². The van der Waals surface area contributed by atoms with E-state index in [4.69, 9.17) is 0 Å². The second kappa shape index (κ2) is 11.0. The van der Waals surface area contributed by atoms with Crippen molar-refractivity contribution < 1.29 is 9.59 Å². The van der Waals surface area contributed by atoms with Gasteiger partial charge in [-0.1, -0.05) is 26.2 Å². The van der Waals surface area contributed by atoms with Gasteiger partial charge in [0.1, 0.15) is 6.07 Å². The van der Waals surface area contributed by atoms with E-state index in [0.29, 0.717) is 29.6 Å². The van der Waals surface area contributed by atoms with Gasteiger partial charge in [-0.3, -0.25) is 9.59 Å². The van der Waals surface area contributed by atoms with Crippen molar-refractivity contribution in [1.82, 2.24) is 4.90 Å². The molecule has 1 saturated carbocycles. The monoisotopic (exact) mass is 410 g/mol. The molecule has 1 atom stereocenters. The Morgan fingerprint density at radius 3 is 2.77 bits per heavy atom. The summed E-state index contributed by atoms with van der Waals surface area (Å²) in [4.78, 5) is 27.6. The number of rotatable bonds is 8. The van der Waals surface area contributed by atoms with Crippen molar-refractivity contribution in [1.29, 1.82) is 5.26 Å². The molecule has 3 rings (SSSR count). The highest BCUT2D eigenvalue weighted by Crippen LogP contribution is 2.30. The van der Waals surface area contributed by atoms with Crippen LogP contribution in [0.4, 0.5) is 11.4 Å². The van der Waals surface area contributed by atoms with Gasteiger partial charge in [-0.25, -0.2) is 0 Å². The smallest absolute Gasteiger partial charge is 0.224 e. The fourth-order valence-corrected chi connectivity index (χ4v) is 4.81. The average Bonchev–Trinajstić information content (AvgIpc) is 2.80. The molecule has 1 N–H and O–H groups in total. The number of nitriles is 1. The number of piperidine rings is 1. The Balaban J connectivity index is 1.60. The van der Waals surface area contributed by atoms with Gasteiger partial charge < -0.3 is 15.1 Å². The van der Waals surface area contributed by atoms with Gasteiger partial charge >= 0.3 is 0 Å². The predicted molar refractivity (Wildman–Crippen MR) is 119 cm³/mol. The summed E-state index contributed by atoms with van der Waals surface area (Å²) in [5.74, 6) is 0.471. The first-order valence-electron chi connectivity index (χ1n) is 11.4. The predicted octanol–water partition coefficient (Wildman–Crippen LogP) is 4.30. The molecule has 0 bridgehead atoms.